The molecule has 2 aliphatic heterocycles. The zero-order chi connectivity index (χ0) is 21.1. The third-order valence-corrected chi connectivity index (χ3v) is 6.23. The number of pyridine rings is 1. The van der Waals surface area contributed by atoms with E-state index in [4.69, 9.17) is 4.74 Å². The van der Waals surface area contributed by atoms with Gasteiger partial charge in [-0.25, -0.2) is 4.98 Å². The summed E-state index contributed by atoms with van der Waals surface area (Å²) in [5.41, 5.74) is 1.64. The van der Waals surface area contributed by atoms with Crippen molar-refractivity contribution in [3.8, 4) is 0 Å². The van der Waals surface area contributed by atoms with E-state index >= 15 is 0 Å². The lowest BCUT2D eigenvalue weighted by atomic mass is 9.88. The van der Waals surface area contributed by atoms with E-state index in [9.17, 15) is 4.79 Å². The van der Waals surface area contributed by atoms with Crippen LogP contribution in [0.4, 0.5) is 0 Å². The monoisotopic (exact) mass is 417 g/mol. The lowest BCUT2D eigenvalue weighted by Crippen LogP contribution is -2.53. The second-order valence-electron chi connectivity index (χ2n) is 8.30. The molecule has 0 unspecified atom stereocenters. The van der Waals surface area contributed by atoms with E-state index in [1.165, 1.54) is 5.56 Å². The predicted molar refractivity (Wildman–Crippen MR) is 116 cm³/mol. The SMILES string of the molecule is O=C(NCc1ccccn1)[C@@H]1Cn2ccnc2C2(CCN(Cc3ccccc3)CC2)O1. The minimum Gasteiger partial charge on any atom is -0.352 e. The van der Waals surface area contributed by atoms with Gasteiger partial charge >= 0.3 is 0 Å². The van der Waals surface area contributed by atoms with Crippen LogP contribution in [0.15, 0.2) is 67.1 Å². The highest BCUT2D eigenvalue weighted by Gasteiger charge is 2.47. The molecule has 4 heterocycles. The lowest BCUT2D eigenvalue weighted by molar-refractivity contribution is -0.174. The number of fused-ring (bicyclic) bond motifs is 2. The zero-order valence-corrected chi connectivity index (χ0v) is 17.5. The van der Waals surface area contributed by atoms with E-state index < -0.39 is 11.7 Å². The van der Waals surface area contributed by atoms with Gasteiger partial charge in [0.1, 0.15) is 11.4 Å². The molecule has 1 fully saturated rings. The number of imidazole rings is 1. The third-order valence-electron chi connectivity index (χ3n) is 6.23. The second-order valence-corrected chi connectivity index (χ2v) is 8.30. The first-order valence-corrected chi connectivity index (χ1v) is 10.9. The standard InChI is InChI=1S/C24H27N5O2/c30-22(27-16-20-8-4-5-11-25-20)21-18-29-15-12-26-23(29)24(31-21)9-13-28(14-10-24)17-19-6-2-1-3-7-19/h1-8,11-12,15,21H,9-10,13-14,16-18H2,(H,27,30)/t21-/m0/s1. The highest BCUT2D eigenvalue weighted by molar-refractivity contribution is 5.80. The molecular weight excluding hydrogens is 390 g/mol. The number of rotatable bonds is 5. The van der Waals surface area contributed by atoms with Gasteiger partial charge in [0, 0.05) is 38.2 Å². The summed E-state index contributed by atoms with van der Waals surface area (Å²) in [6, 6.07) is 16.2. The number of likely N-dealkylation sites (tertiary alicyclic amines) is 1. The van der Waals surface area contributed by atoms with Gasteiger partial charge in [-0.05, 0) is 30.5 Å². The fraction of sp³-hybridized carbons (Fsp3) is 0.375. The fourth-order valence-corrected chi connectivity index (χ4v) is 4.58. The predicted octanol–water partition coefficient (Wildman–Crippen LogP) is 2.48. The van der Waals surface area contributed by atoms with Crippen molar-refractivity contribution in [3.05, 3.63) is 84.2 Å². The van der Waals surface area contributed by atoms with Crippen LogP contribution in [0.25, 0.3) is 0 Å². The van der Waals surface area contributed by atoms with E-state index in [0.717, 1.165) is 44.0 Å². The van der Waals surface area contributed by atoms with Gasteiger partial charge in [-0.1, -0.05) is 36.4 Å². The molecular formula is C24H27N5O2. The van der Waals surface area contributed by atoms with E-state index in [2.05, 4.69) is 49.0 Å². The first kappa shape index (κ1) is 19.9. The van der Waals surface area contributed by atoms with Crippen molar-refractivity contribution in [1.82, 2.24) is 24.8 Å². The fourth-order valence-electron chi connectivity index (χ4n) is 4.58. The molecule has 7 nitrogen and oxygen atoms in total. The molecule has 0 bridgehead atoms. The Morgan fingerprint density at radius 3 is 2.65 bits per heavy atom. The van der Waals surface area contributed by atoms with Crippen LogP contribution >= 0.6 is 0 Å². The van der Waals surface area contributed by atoms with Crippen LogP contribution in [0, 0.1) is 0 Å². The quantitative estimate of drug-likeness (QED) is 0.691. The zero-order valence-electron chi connectivity index (χ0n) is 17.5. The molecule has 0 radical (unpaired) electrons. The number of carbonyl (C=O) groups excluding carboxylic acids is 1. The van der Waals surface area contributed by atoms with Crippen molar-refractivity contribution < 1.29 is 9.53 Å². The average molecular weight is 418 g/mol. The second kappa shape index (κ2) is 8.61. The molecule has 1 amide bonds. The normalized spacial score (nSPS) is 20.3. The number of nitrogens with one attached hydrogen (secondary N) is 1. The molecule has 3 aromatic rings. The molecule has 160 valence electrons. The number of hydrogen-bond donors (Lipinski definition) is 1. The summed E-state index contributed by atoms with van der Waals surface area (Å²) >= 11 is 0. The molecule has 2 aromatic heterocycles. The number of hydrogen-bond acceptors (Lipinski definition) is 5. The summed E-state index contributed by atoms with van der Waals surface area (Å²) in [6.45, 7) is 3.63. The molecule has 1 atom stereocenters. The molecule has 1 spiro atoms. The first-order valence-electron chi connectivity index (χ1n) is 10.9. The summed E-state index contributed by atoms with van der Waals surface area (Å²) in [6.07, 6.45) is 6.60. The molecule has 1 saturated heterocycles. The molecule has 2 aliphatic rings. The number of piperidine rings is 1. The van der Waals surface area contributed by atoms with Crippen LogP contribution in [0.5, 0.6) is 0 Å². The highest BCUT2D eigenvalue weighted by Crippen LogP contribution is 2.40. The van der Waals surface area contributed by atoms with Gasteiger partial charge in [-0.3, -0.25) is 14.7 Å². The van der Waals surface area contributed by atoms with Crippen molar-refractivity contribution in [2.75, 3.05) is 13.1 Å². The maximum Gasteiger partial charge on any atom is 0.251 e. The summed E-state index contributed by atoms with van der Waals surface area (Å²) < 4.78 is 8.59. The Hall–Kier alpha value is -3.03. The Bertz CT molecular complexity index is 1010. The molecule has 1 N–H and O–H groups in total. The maximum atomic E-state index is 12.9. The van der Waals surface area contributed by atoms with Gasteiger partial charge in [0.05, 0.1) is 18.8 Å². The summed E-state index contributed by atoms with van der Waals surface area (Å²) in [7, 11) is 0. The average Bonchev–Trinajstić information content (AvgIpc) is 3.30. The lowest BCUT2D eigenvalue weighted by Gasteiger charge is -2.45. The molecule has 0 aliphatic carbocycles. The Morgan fingerprint density at radius 2 is 1.87 bits per heavy atom. The van der Waals surface area contributed by atoms with E-state index in [1.54, 1.807) is 6.20 Å². The van der Waals surface area contributed by atoms with Gasteiger partial charge in [0.15, 0.2) is 6.10 Å². The van der Waals surface area contributed by atoms with Crippen LogP contribution in [0.3, 0.4) is 0 Å². The largest absolute Gasteiger partial charge is 0.352 e. The van der Waals surface area contributed by atoms with Gasteiger partial charge in [-0.2, -0.15) is 0 Å². The van der Waals surface area contributed by atoms with Gasteiger partial charge in [0.25, 0.3) is 5.91 Å². The smallest absolute Gasteiger partial charge is 0.251 e. The minimum atomic E-state index is -0.536. The van der Waals surface area contributed by atoms with Crippen LogP contribution in [-0.4, -0.2) is 44.5 Å². The van der Waals surface area contributed by atoms with Crippen molar-refractivity contribution in [1.29, 1.82) is 0 Å². The Morgan fingerprint density at radius 1 is 1.06 bits per heavy atom. The first-order chi connectivity index (χ1) is 15.2. The Balaban J connectivity index is 1.26. The number of carbonyl (C=O) groups is 1. The van der Waals surface area contributed by atoms with E-state index in [0.29, 0.717) is 13.1 Å². The molecule has 1 aromatic carbocycles. The van der Waals surface area contributed by atoms with Crippen molar-refractivity contribution in [3.63, 3.8) is 0 Å². The van der Waals surface area contributed by atoms with Crippen LogP contribution in [0.1, 0.15) is 29.9 Å². The van der Waals surface area contributed by atoms with Gasteiger partial charge < -0.3 is 14.6 Å². The number of amides is 1. The van der Waals surface area contributed by atoms with Crippen LogP contribution in [0.2, 0.25) is 0 Å². The van der Waals surface area contributed by atoms with Crippen LogP contribution in [-0.2, 0) is 34.8 Å². The van der Waals surface area contributed by atoms with Gasteiger partial charge in [0.2, 0.25) is 0 Å². The molecule has 5 rings (SSSR count). The summed E-state index contributed by atoms with van der Waals surface area (Å²) in [5.74, 6) is 0.844. The molecule has 0 saturated carbocycles. The number of ether oxygens (including phenoxy) is 1. The Labute approximate surface area is 182 Å². The topological polar surface area (TPSA) is 72.3 Å². The Kier molecular flexibility index (Phi) is 5.53. The summed E-state index contributed by atoms with van der Waals surface area (Å²) in [5, 5.41) is 2.98. The van der Waals surface area contributed by atoms with Crippen LogP contribution < -0.4 is 5.32 Å². The van der Waals surface area contributed by atoms with Crippen molar-refractivity contribution in [2.24, 2.45) is 0 Å². The molecule has 7 heteroatoms. The number of aromatic nitrogens is 3. The van der Waals surface area contributed by atoms with E-state index in [-0.39, 0.29) is 5.91 Å². The highest BCUT2D eigenvalue weighted by atomic mass is 16.5. The molecule has 31 heavy (non-hydrogen) atoms. The number of nitrogens with zero attached hydrogens (tertiary/aromatic N) is 4. The van der Waals surface area contributed by atoms with E-state index in [1.807, 2.05) is 36.7 Å². The summed E-state index contributed by atoms with van der Waals surface area (Å²) in [4.78, 5) is 24.3. The number of benzene rings is 1. The minimum absolute atomic E-state index is 0.101. The van der Waals surface area contributed by atoms with Crippen molar-refractivity contribution >= 4 is 5.91 Å². The third kappa shape index (κ3) is 4.24. The van der Waals surface area contributed by atoms with Crippen molar-refractivity contribution in [2.45, 2.75) is 44.2 Å². The van der Waals surface area contributed by atoms with Gasteiger partial charge in [-0.15, -0.1) is 0 Å². The maximum absolute atomic E-state index is 12.9.